The molecule has 0 aliphatic heterocycles. The molecular formula is C12H12N4. The molecular weight excluding hydrogens is 200 g/mol. The fourth-order valence-corrected chi connectivity index (χ4v) is 1.76. The van der Waals surface area contributed by atoms with E-state index in [1.165, 1.54) is 11.1 Å². The lowest BCUT2D eigenvalue weighted by atomic mass is 10.1. The Hall–Kier alpha value is -2.10. The van der Waals surface area contributed by atoms with E-state index in [-0.39, 0.29) is 0 Å². The number of hydrogen-bond donors (Lipinski definition) is 1. The molecule has 0 radical (unpaired) electrons. The molecule has 0 bridgehead atoms. The molecule has 16 heavy (non-hydrogen) atoms. The normalized spacial score (nSPS) is 11.1. The number of hydrogen-bond acceptors (Lipinski definition) is 2. The van der Waals surface area contributed by atoms with E-state index >= 15 is 0 Å². The number of imidazole rings is 1. The molecule has 0 fully saturated rings. The number of aromatic amines is 1. The van der Waals surface area contributed by atoms with Crippen LogP contribution in [0, 0.1) is 13.8 Å². The number of fused-ring (bicyclic) bond motifs is 1. The fourth-order valence-electron chi connectivity index (χ4n) is 1.76. The van der Waals surface area contributed by atoms with Crippen LogP contribution in [0.25, 0.3) is 17.0 Å². The summed E-state index contributed by atoms with van der Waals surface area (Å²) in [6, 6.07) is 6.09. The molecule has 80 valence electrons. The quantitative estimate of drug-likeness (QED) is 0.673. The standard InChI is InChI=1S/C12H12N4/c1-8-6-10-11(7-9(8)2)15-12(14-10)16-5-3-4-13-16/h3-7H,1-2H3,(H,14,15). The SMILES string of the molecule is Cc1cc2nc(-n3cccn3)[nH]c2cc1C. The molecule has 4 nitrogen and oxygen atoms in total. The van der Waals surface area contributed by atoms with E-state index < -0.39 is 0 Å². The van der Waals surface area contributed by atoms with Gasteiger partial charge in [-0.2, -0.15) is 5.10 Å². The predicted octanol–water partition coefficient (Wildman–Crippen LogP) is 2.37. The molecule has 0 aliphatic rings. The maximum absolute atomic E-state index is 4.50. The molecule has 0 atom stereocenters. The zero-order valence-corrected chi connectivity index (χ0v) is 9.23. The monoisotopic (exact) mass is 212 g/mol. The van der Waals surface area contributed by atoms with Gasteiger partial charge in [-0.05, 0) is 43.2 Å². The van der Waals surface area contributed by atoms with Gasteiger partial charge in [0.25, 0.3) is 0 Å². The molecule has 0 amide bonds. The second kappa shape index (κ2) is 3.20. The number of nitrogens with zero attached hydrogens (tertiary/aromatic N) is 3. The van der Waals surface area contributed by atoms with Gasteiger partial charge < -0.3 is 4.98 Å². The molecule has 1 aromatic carbocycles. The number of benzene rings is 1. The summed E-state index contributed by atoms with van der Waals surface area (Å²) in [5.74, 6) is 0.755. The third-order valence-corrected chi connectivity index (χ3v) is 2.81. The second-order valence-electron chi connectivity index (χ2n) is 3.96. The minimum Gasteiger partial charge on any atom is -0.322 e. The molecule has 4 heteroatoms. The summed E-state index contributed by atoms with van der Waals surface area (Å²) in [6.07, 6.45) is 3.61. The number of aryl methyl sites for hydroxylation is 2. The Bertz CT molecular complexity index is 595. The van der Waals surface area contributed by atoms with Crippen LogP contribution in [0.2, 0.25) is 0 Å². The van der Waals surface area contributed by atoms with Crippen molar-refractivity contribution in [2.24, 2.45) is 0 Å². The average Bonchev–Trinajstić information content (AvgIpc) is 2.86. The minimum atomic E-state index is 0.755. The first-order valence-electron chi connectivity index (χ1n) is 5.21. The smallest absolute Gasteiger partial charge is 0.229 e. The van der Waals surface area contributed by atoms with Crippen molar-refractivity contribution in [3.63, 3.8) is 0 Å². The van der Waals surface area contributed by atoms with Crippen LogP contribution in [0.1, 0.15) is 11.1 Å². The number of H-pyrrole nitrogens is 1. The lowest BCUT2D eigenvalue weighted by Gasteiger charge is -1.97. The van der Waals surface area contributed by atoms with Crippen LogP contribution in [-0.2, 0) is 0 Å². The highest BCUT2D eigenvalue weighted by atomic mass is 15.3. The molecule has 0 aliphatic carbocycles. The maximum Gasteiger partial charge on any atom is 0.229 e. The van der Waals surface area contributed by atoms with Crippen molar-refractivity contribution >= 4 is 11.0 Å². The fraction of sp³-hybridized carbons (Fsp3) is 0.167. The number of rotatable bonds is 1. The van der Waals surface area contributed by atoms with Gasteiger partial charge in [-0.15, -0.1) is 0 Å². The van der Waals surface area contributed by atoms with Crippen molar-refractivity contribution in [1.82, 2.24) is 19.7 Å². The second-order valence-corrected chi connectivity index (χ2v) is 3.96. The van der Waals surface area contributed by atoms with Crippen LogP contribution < -0.4 is 0 Å². The molecule has 0 saturated heterocycles. The minimum absolute atomic E-state index is 0.755. The summed E-state index contributed by atoms with van der Waals surface area (Å²) in [5, 5.41) is 4.15. The van der Waals surface area contributed by atoms with Gasteiger partial charge >= 0.3 is 0 Å². The highest BCUT2D eigenvalue weighted by molar-refractivity contribution is 5.78. The summed E-state index contributed by atoms with van der Waals surface area (Å²) in [4.78, 5) is 7.76. The lowest BCUT2D eigenvalue weighted by Crippen LogP contribution is -1.95. The van der Waals surface area contributed by atoms with E-state index in [0.717, 1.165) is 17.0 Å². The van der Waals surface area contributed by atoms with Gasteiger partial charge in [0.05, 0.1) is 11.0 Å². The van der Waals surface area contributed by atoms with E-state index in [9.17, 15) is 0 Å². The molecule has 3 aromatic rings. The Kier molecular flexibility index (Phi) is 1.83. The van der Waals surface area contributed by atoms with Gasteiger partial charge in [0.2, 0.25) is 5.95 Å². The van der Waals surface area contributed by atoms with Crippen molar-refractivity contribution < 1.29 is 0 Å². The molecule has 1 N–H and O–H groups in total. The number of nitrogens with one attached hydrogen (secondary N) is 1. The molecule has 0 spiro atoms. The van der Waals surface area contributed by atoms with Crippen LogP contribution in [0.5, 0.6) is 0 Å². The third-order valence-electron chi connectivity index (χ3n) is 2.81. The van der Waals surface area contributed by atoms with E-state index in [2.05, 4.69) is 41.0 Å². The molecule has 2 aromatic heterocycles. The summed E-state index contributed by atoms with van der Waals surface area (Å²) in [7, 11) is 0. The van der Waals surface area contributed by atoms with Crippen LogP contribution in [0.15, 0.2) is 30.6 Å². The summed E-state index contributed by atoms with van der Waals surface area (Å²) in [6.45, 7) is 4.19. The lowest BCUT2D eigenvalue weighted by molar-refractivity contribution is 0.829. The first-order valence-corrected chi connectivity index (χ1v) is 5.21. The van der Waals surface area contributed by atoms with Crippen LogP contribution >= 0.6 is 0 Å². The summed E-state index contributed by atoms with van der Waals surface area (Å²) in [5.41, 5.74) is 4.55. The molecule has 3 rings (SSSR count). The topological polar surface area (TPSA) is 46.5 Å². The first kappa shape index (κ1) is 9.15. The average molecular weight is 212 g/mol. The van der Waals surface area contributed by atoms with E-state index in [4.69, 9.17) is 0 Å². The summed E-state index contributed by atoms with van der Waals surface area (Å²) < 4.78 is 1.73. The van der Waals surface area contributed by atoms with Crippen molar-refractivity contribution in [2.75, 3.05) is 0 Å². The predicted molar refractivity (Wildman–Crippen MR) is 62.7 cm³/mol. The van der Waals surface area contributed by atoms with Gasteiger partial charge in [0.1, 0.15) is 0 Å². The van der Waals surface area contributed by atoms with Crippen molar-refractivity contribution in [3.8, 4) is 5.95 Å². The van der Waals surface area contributed by atoms with Crippen LogP contribution in [0.3, 0.4) is 0 Å². The van der Waals surface area contributed by atoms with Gasteiger partial charge in [-0.1, -0.05) is 0 Å². The van der Waals surface area contributed by atoms with Crippen LogP contribution in [-0.4, -0.2) is 19.7 Å². The van der Waals surface area contributed by atoms with Crippen molar-refractivity contribution in [2.45, 2.75) is 13.8 Å². The zero-order chi connectivity index (χ0) is 11.1. The maximum atomic E-state index is 4.50. The van der Waals surface area contributed by atoms with Crippen molar-refractivity contribution in [1.29, 1.82) is 0 Å². The van der Waals surface area contributed by atoms with Gasteiger partial charge in [-0.3, -0.25) is 0 Å². The van der Waals surface area contributed by atoms with Crippen molar-refractivity contribution in [3.05, 3.63) is 41.7 Å². The molecule has 0 saturated carbocycles. The van der Waals surface area contributed by atoms with Gasteiger partial charge in [-0.25, -0.2) is 9.67 Å². The Balaban J connectivity index is 2.23. The Morgan fingerprint density at radius 2 is 2.00 bits per heavy atom. The first-order chi connectivity index (χ1) is 7.74. The third kappa shape index (κ3) is 1.31. The van der Waals surface area contributed by atoms with Crippen LogP contribution in [0.4, 0.5) is 0 Å². The van der Waals surface area contributed by atoms with E-state index in [0.29, 0.717) is 0 Å². The zero-order valence-electron chi connectivity index (χ0n) is 9.23. The summed E-state index contributed by atoms with van der Waals surface area (Å²) >= 11 is 0. The highest BCUT2D eigenvalue weighted by Gasteiger charge is 2.05. The molecule has 2 heterocycles. The Labute approximate surface area is 92.9 Å². The van der Waals surface area contributed by atoms with Gasteiger partial charge in [0.15, 0.2) is 0 Å². The van der Waals surface area contributed by atoms with Gasteiger partial charge in [0, 0.05) is 12.4 Å². The Morgan fingerprint density at radius 1 is 1.19 bits per heavy atom. The number of aromatic nitrogens is 4. The van der Waals surface area contributed by atoms with E-state index in [1.54, 1.807) is 10.9 Å². The van der Waals surface area contributed by atoms with E-state index in [1.807, 2.05) is 12.3 Å². The highest BCUT2D eigenvalue weighted by Crippen LogP contribution is 2.18. The molecule has 0 unspecified atom stereocenters. The Morgan fingerprint density at radius 3 is 2.75 bits per heavy atom. The largest absolute Gasteiger partial charge is 0.322 e.